The fourth-order valence-corrected chi connectivity index (χ4v) is 4.02. The summed E-state index contributed by atoms with van der Waals surface area (Å²) in [5.41, 5.74) is 0.904. The van der Waals surface area contributed by atoms with Gasteiger partial charge in [0, 0.05) is 30.7 Å². The van der Waals surface area contributed by atoms with Crippen LogP contribution in [-0.2, 0) is 4.43 Å². The summed E-state index contributed by atoms with van der Waals surface area (Å²) in [7, 11) is -1.91. The Morgan fingerprint density at radius 1 is 1.24 bits per heavy atom. The summed E-state index contributed by atoms with van der Waals surface area (Å²) < 4.78 is 12.3. The summed E-state index contributed by atoms with van der Waals surface area (Å²) in [5, 5.41) is 20.5. The summed E-state index contributed by atoms with van der Waals surface area (Å²) in [4.78, 5) is 10.5. The molecule has 158 valence electrons. The van der Waals surface area contributed by atoms with Gasteiger partial charge in [0.05, 0.1) is 10.7 Å². The molecule has 0 aliphatic rings. The number of aliphatic hydroxyl groups is 1. The highest BCUT2D eigenvalue weighted by molar-refractivity contribution is 6.74. The van der Waals surface area contributed by atoms with Gasteiger partial charge in [0.1, 0.15) is 11.5 Å². The van der Waals surface area contributed by atoms with E-state index in [9.17, 15) is 15.2 Å². The van der Waals surface area contributed by atoms with Crippen LogP contribution in [0.25, 0.3) is 6.08 Å². The molecule has 0 saturated carbocycles. The van der Waals surface area contributed by atoms with E-state index >= 15 is 0 Å². The molecule has 2 rings (SSSR count). The number of benzene rings is 1. The molecular formula is C22H31NO5Si. The van der Waals surface area contributed by atoms with E-state index in [4.69, 9.17) is 8.84 Å². The third-order valence-corrected chi connectivity index (χ3v) is 9.93. The lowest BCUT2D eigenvalue weighted by Crippen LogP contribution is -2.40. The van der Waals surface area contributed by atoms with Crippen LogP contribution < -0.4 is 0 Å². The maximum absolute atomic E-state index is 10.9. The van der Waals surface area contributed by atoms with E-state index in [0.717, 1.165) is 11.3 Å². The highest BCUT2D eigenvalue weighted by Gasteiger charge is 2.38. The highest BCUT2D eigenvalue weighted by atomic mass is 28.4. The Morgan fingerprint density at radius 3 is 2.38 bits per heavy atom. The SMILES string of the molecule is C/C(=C/c1ccc([C@@H](CCO)c2ccc([N+](=O)[O-])cc2)o1)O[Si](C)(C)C(C)(C)C. The molecule has 6 nitrogen and oxygen atoms in total. The summed E-state index contributed by atoms with van der Waals surface area (Å²) in [5.74, 6) is 2.02. The molecule has 0 bridgehead atoms. The van der Waals surface area contributed by atoms with Gasteiger partial charge in [-0.1, -0.05) is 32.9 Å². The molecule has 0 amide bonds. The predicted octanol–water partition coefficient (Wildman–Crippen LogP) is 6.08. The molecule has 0 spiro atoms. The zero-order valence-corrected chi connectivity index (χ0v) is 19.1. The number of aliphatic hydroxyl groups excluding tert-OH is 1. The number of hydrogen-bond donors (Lipinski definition) is 1. The molecule has 2 aromatic rings. The third-order valence-electron chi connectivity index (χ3n) is 5.48. The van der Waals surface area contributed by atoms with Gasteiger partial charge < -0.3 is 13.9 Å². The fourth-order valence-electron chi connectivity index (χ4n) is 2.85. The Kier molecular flexibility index (Phi) is 7.08. The van der Waals surface area contributed by atoms with Gasteiger partial charge >= 0.3 is 0 Å². The van der Waals surface area contributed by atoms with Gasteiger partial charge in [0.15, 0.2) is 0 Å². The molecule has 29 heavy (non-hydrogen) atoms. The van der Waals surface area contributed by atoms with Gasteiger partial charge in [-0.25, -0.2) is 0 Å². The topological polar surface area (TPSA) is 85.7 Å². The number of hydrogen-bond acceptors (Lipinski definition) is 5. The minimum atomic E-state index is -1.91. The number of nitro benzene ring substituents is 1. The van der Waals surface area contributed by atoms with E-state index in [1.54, 1.807) is 12.1 Å². The van der Waals surface area contributed by atoms with Crippen molar-refractivity contribution < 1.29 is 18.9 Å². The lowest BCUT2D eigenvalue weighted by molar-refractivity contribution is -0.384. The Morgan fingerprint density at radius 2 is 1.86 bits per heavy atom. The largest absolute Gasteiger partial charge is 0.547 e. The van der Waals surface area contributed by atoms with Crippen LogP contribution in [-0.4, -0.2) is 25.0 Å². The second-order valence-corrected chi connectivity index (χ2v) is 13.5. The molecule has 0 saturated heterocycles. The molecule has 7 heteroatoms. The Bertz CT molecular complexity index is 862. The molecule has 0 aliphatic heterocycles. The minimum absolute atomic E-state index is 0.0129. The number of rotatable bonds is 8. The van der Waals surface area contributed by atoms with Crippen LogP contribution >= 0.6 is 0 Å². The van der Waals surface area contributed by atoms with Crippen LogP contribution in [0.5, 0.6) is 0 Å². The Labute approximate surface area is 173 Å². The van der Waals surface area contributed by atoms with E-state index in [1.807, 2.05) is 25.1 Å². The smallest absolute Gasteiger partial charge is 0.269 e. The molecule has 0 aliphatic carbocycles. The normalized spacial score (nSPS) is 14.0. The van der Waals surface area contributed by atoms with Crippen molar-refractivity contribution in [3.63, 3.8) is 0 Å². The molecule has 1 heterocycles. The van der Waals surface area contributed by atoms with Crippen LogP contribution in [0.4, 0.5) is 5.69 Å². The number of nitro groups is 1. The van der Waals surface area contributed by atoms with Crippen LogP contribution in [0.1, 0.15) is 57.1 Å². The van der Waals surface area contributed by atoms with Crippen LogP contribution in [0.3, 0.4) is 0 Å². The summed E-state index contributed by atoms with van der Waals surface area (Å²) >= 11 is 0. The first-order valence-electron chi connectivity index (χ1n) is 9.77. The van der Waals surface area contributed by atoms with Gasteiger partial charge in [-0.3, -0.25) is 10.1 Å². The first kappa shape index (κ1) is 22.9. The number of non-ortho nitro benzene ring substituents is 1. The van der Waals surface area contributed by atoms with Gasteiger partial charge in [0.25, 0.3) is 5.69 Å². The second kappa shape index (κ2) is 8.96. The van der Waals surface area contributed by atoms with E-state index < -0.39 is 13.2 Å². The van der Waals surface area contributed by atoms with Crippen molar-refractivity contribution in [3.05, 3.63) is 69.4 Å². The van der Waals surface area contributed by atoms with Crippen molar-refractivity contribution in [1.82, 2.24) is 0 Å². The fraction of sp³-hybridized carbons (Fsp3) is 0.455. The Hall–Kier alpha value is -2.38. The zero-order chi connectivity index (χ0) is 21.8. The maximum atomic E-state index is 10.9. The standard InChI is InChI=1S/C22H31NO5Si/c1-16(28-29(5,6)22(2,3)4)15-19-11-12-21(27-19)20(13-14-24)17-7-9-18(10-8-17)23(25)26/h7-12,15,20,24H,13-14H2,1-6H3/b16-15-/t20-/m0/s1. The Balaban J connectivity index is 2.24. The van der Waals surface area contributed by atoms with E-state index in [-0.39, 0.29) is 23.3 Å². The number of furan rings is 1. The minimum Gasteiger partial charge on any atom is -0.547 e. The maximum Gasteiger partial charge on any atom is 0.269 e. The van der Waals surface area contributed by atoms with Crippen LogP contribution in [0.2, 0.25) is 18.1 Å². The molecule has 0 fully saturated rings. The van der Waals surface area contributed by atoms with Crippen molar-refractivity contribution in [2.75, 3.05) is 6.61 Å². The highest BCUT2D eigenvalue weighted by Crippen LogP contribution is 2.38. The van der Waals surface area contributed by atoms with Gasteiger partial charge in [0.2, 0.25) is 8.32 Å². The number of nitrogens with zero attached hydrogens (tertiary/aromatic N) is 1. The zero-order valence-electron chi connectivity index (χ0n) is 18.1. The third kappa shape index (κ3) is 5.80. The lowest BCUT2D eigenvalue weighted by atomic mass is 9.93. The summed E-state index contributed by atoms with van der Waals surface area (Å²) in [6.07, 6.45) is 2.35. The summed E-state index contributed by atoms with van der Waals surface area (Å²) in [6.45, 7) is 12.9. The van der Waals surface area contributed by atoms with Crippen molar-refractivity contribution in [2.24, 2.45) is 0 Å². The average Bonchev–Trinajstić information content (AvgIpc) is 3.06. The van der Waals surface area contributed by atoms with Gasteiger partial charge in [-0.2, -0.15) is 0 Å². The molecule has 1 N–H and O–H groups in total. The van der Waals surface area contributed by atoms with Crippen LogP contribution in [0, 0.1) is 10.1 Å². The monoisotopic (exact) mass is 417 g/mol. The lowest BCUT2D eigenvalue weighted by Gasteiger charge is -2.36. The van der Waals surface area contributed by atoms with Gasteiger partial charge in [-0.15, -0.1) is 0 Å². The average molecular weight is 418 g/mol. The van der Waals surface area contributed by atoms with E-state index in [0.29, 0.717) is 17.9 Å². The van der Waals surface area contributed by atoms with Crippen molar-refractivity contribution in [2.45, 2.75) is 58.2 Å². The summed E-state index contributed by atoms with van der Waals surface area (Å²) in [6, 6.07) is 10.1. The first-order chi connectivity index (χ1) is 13.4. The van der Waals surface area contributed by atoms with Crippen molar-refractivity contribution in [3.8, 4) is 0 Å². The quantitative estimate of drug-likeness (QED) is 0.243. The molecule has 0 unspecified atom stereocenters. The molecule has 1 aromatic heterocycles. The number of allylic oxidation sites excluding steroid dienone is 1. The van der Waals surface area contributed by atoms with Crippen molar-refractivity contribution in [1.29, 1.82) is 0 Å². The molecule has 1 aromatic carbocycles. The second-order valence-electron chi connectivity index (χ2n) is 8.77. The predicted molar refractivity (Wildman–Crippen MR) is 117 cm³/mol. The van der Waals surface area contributed by atoms with Crippen LogP contribution in [0.15, 0.2) is 46.6 Å². The molecular weight excluding hydrogens is 386 g/mol. The molecule has 1 atom stereocenters. The van der Waals surface area contributed by atoms with Crippen molar-refractivity contribution >= 4 is 20.1 Å². The van der Waals surface area contributed by atoms with Gasteiger partial charge in [-0.05, 0) is 49.2 Å². The first-order valence-corrected chi connectivity index (χ1v) is 12.7. The molecule has 0 radical (unpaired) electrons. The van der Waals surface area contributed by atoms with E-state index in [2.05, 4.69) is 33.9 Å². The van der Waals surface area contributed by atoms with E-state index in [1.165, 1.54) is 12.1 Å².